The van der Waals surface area contributed by atoms with Gasteiger partial charge in [0.05, 0.1) is 155 Å². The van der Waals surface area contributed by atoms with E-state index < -0.39 is 0 Å². The molecule has 5 fully saturated rings. The summed E-state index contributed by atoms with van der Waals surface area (Å²) < 4.78 is 88.5. The average molecular weight is 1220 g/mol. The van der Waals surface area contributed by atoms with Crippen LogP contribution in [-0.2, 0) is 71.1 Å². The van der Waals surface area contributed by atoms with Crippen LogP contribution in [0.25, 0.3) is 0 Å². The Morgan fingerprint density at radius 1 is 0.224 bits per heavy atom. The summed E-state index contributed by atoms with van der Waals surface area (Å²) in [6.45, 7) is 76.9. The van der Waals surface area contributed by atoms with Crippen LogP contribution in [-0.4, -0.2) is 186 Å². The predicted molar refractivity (Wildman–Crippen MR) is 346 cm³/mol. The van der Waals surface area contributed by atoms with Crippen molar-refractivity contribution in [2.75, 3.05) is 33.0 Å². The molecule has 5 heterocycles. The van der Waals surface area contributed by atoms with Crippen LogP contribution in [0, 0.1) is 27.1 Å². The number of ether oxygens (including phenoxy) is 15. The van der Waals surface area contributed by atoms with E-state index in [1.165, 1.54) is 0 Å². The van der Waals surface area contributed by atoms with Gasteiger partial charge in [-0.05, 0) is 173 Å². The molecule has 0 aromatic heterocycles. The maximum atomic E-state index is 6.04. The first-order valence-electron chi connectivity index (χ1n) is 33.4. The summed E-state index contributed by atoms with van der Waals surface area (Å²) in [5.74, 6) is 0. The second-order valence-electron chi connectivity index (χ2n) is 30.6. The van der Waals surface area contributed by atoms with Gasteiger partial charge in [-0.3, -0.25) is 0 Å². The lowest BCUT2D eigenvalue weighted by Gasteiger charge is -2.31. The van der Waals surface area contributed by atoms with Gasteiger partial charge in [0.25, 0.3) is 0 Å². The van der Waals surface area contributed by atoms with Crippen molar-refractivity contribution < 1.29 is 71.1 Å². The Balaban J connectivity index is 0.000000531. The zero-order valence-electron chi connectivity index (χ0n) is 61.6. The van der Waals surface area contributed by atoms with Crippen molar-refractivity contribution in [3.05, 3.63) is 0 Å². The molecule has 5 aliphatic heterocycles. The Morgan fingerprint density at radius 3 is 0.435 bits per heavy atom. The third-order valence-electron chi connectivity index (χ3n) is 17.6. The van der Waals surface area contributed by atoms with Crippen molar-refractivity contribution in [3.63, 3.8) is 0 Å². The first-order chi connectivity index (χ1) is 38.7. The normalized spacial score (nSPS) is 32.6. The van der Waals surface area contributed by atoms with Crippen LogP contribution in [0.5, 0.6) is 0 Å². The van der Waals surface area contributed by atoms with Crippen molar-refractivity contribution >= 4 is 0 Å². The fraction of sp³-hybridized carbons (Fsp3) is 1.00. The molecule has 5 aliphatic rings. The van der Waals surface area contributed by atoms with Crippen LogP contribution in [0.3, 0.4) is 0 Å². The summed E-state index contributed by atoms with van der Waals surface area (Å²) in [6.07, 6.45) is 4.03. The van der Waals surface area contributed by atoms with Crippen LogP contribution in [0.2, 0.25) is 0 Å². The molecule has 0 N–H and O–H groups in total. The Labute approximate surface area is 524 Å². The van der Waals surface area contributed by atoms with Crippen molar-refractivity contribution in [3.8, 4) is 0 Å². The van der Waals surface area contributed by atoms with E-state index in [2.05, 4.69) is 173 Å². The molecule has 0 radical (unpaired) electrons. The summed E-state index contributed by atoms with van der Waals surface area (Å²) in [5, 5.41) is 0. The van der Waals surface area contributed by atoms with Crippen molar-refractivity contribution in [2.45, 2.75) is 395 Å². The molecule has 0 unspecified atom stereocenters. The number of hydrogen-bond acceptors (Lipinski definition) is 15. The van der Waals surface area contributed by atoms with Crippen molar-refractivity contribution in [2.24, 2.45) is 27.1 Å². The zero-order valence-corrected chi connectivity index (χ0v) is 61.6. The molecule has 0 aliphatic carbocycles. The lowest BCUT2D eigenvalue weighted by molar-refractivity contribution is -0.0934. The van der Waals surface area contributed by atoms with Crippen LogP contribution in [0.15, 0.2) is 0 Å². The van der Waals surface area contributed by atoms with Gasteiger partial charge in [-0.15, -0.1) is 0 Å². The van der Waals surface area contributed by atoms with Gasteiger partial charge in [0.1, 0.15) is 30.5 Å². The Hall–Kier alpha value is -0.600. The maximum absolute atomic E-state index is 6.04. The predicted octanol–water partition coefficient (Wildman–Crippen LogP) is 15.1. The van der Waals surface area contributed by atoms with Gasteiger partial charge in [0.15, 0.2) is 0 Å². The molecule has 0 saturated carbocycles. The fourth-order valence-electron chi connectivity index (χ4n) is 10.9. The third-order valence-corrected chi connectivity index (χ3v) is 17.6. The zero-order chi connectivity index (χ0) is 66.1. The van der Waals surface area contributed by atoms with E-state index in [-0.39, 0.29) is 180 Å². The average Bonchev–Trinajstić information content (AvgIpc) is 3.95. The minimum atomic E-state index is 0.0370. The Morgan fingerprint density at radius 2 is 0.341 bits per heavy atom. The summed E-state index contributed by atoms with van der Waals surface area (Å²) in [4.78, 5) is 0. The molecule has 5 rings (SSSR count). The molecule has 0 amide bonds. The first kappa shape index (κ1) is 82.4. The van der Waals surface area contributed by atoms with Gasteiger partial charge >= 0.3 is 0 Å². The molecule has 510 valence electrons. The second-order valence-corrected chi connectivity index (χ2v) is 30.6. The number of hydrogen-bond donors (Lipinski definition) is 0. The van der Waals surface area contributed by atoms with Crippen molar-refractivity contribution in [1.82, 2.24) is 0 Å². The van der Waals surface area contributed by atoms with E-state index in [4.69, 9.17) is 71.1 Å². The maximum Gasteiger partial charge on any atom is 0.108 e. The Bertz CT molecular complexity index is 1470. The molecule has 0 spiro atoms. The molecule has 85 heavy (non-hydrogen) atoms. The summed E-state index contributed by atoms with van der Waals surface area (Å²) in [6, 6.07) is 0. The lowest BCUT2D eigenvalue weighted by atomic mass is 9.82. The standard InChI is InChI=1S/5C14H28O3/c5*1-9(2)15-8-12-13(16-10(3)4)14(6,7)11(5)17-12/h5*9-13H,8H2,1-7H3/t11-,12+,13+;11-,12+,13-;11-,12-,13+;2*11-,12-,13-/m10010/s1. The van der Waals surface area contributed by atoms with E-state index >= 15 is 0 Å². The summed E-state index contributed by atoms with van der Waals surface area (Å²) in [7, 11) is 0. The quantitative estimate of drug-likeness (QED) is 0.0856. The molecular formula is C70H140O15. The van der Waals surface area contributed by atoms with E-state index in [0.717, 1.165) is 0 Å². The SMILES string of the molecule is CC(C)OC[C@@H]1O[C@@H](C)C(C)(C)[C@@H]1OC(C)C.CC(C)OC[C@@H]1O[C@@H](C)C(C)(C)[C@H]1OC(C)C.CC(C)OC[C@@H]1O[C@H](C)C(C)(C)[C@H]1OC(C)C.CC(C)OC[C@H]1O[C@@H](C)C(C)(C)[C@H]1OC(C)C.CC(C)OC[C@H]1O[C@H](C)C(C)(C)[C@@H]1OC(C)C. The lowest BCUT2D eigenvalue weighted by Crippen LogP contribution is -2.40. The molecule has 0 aromatic rings. The Kier molecular flexibility index (Phi) is 35.5. The molecule has 0 aromatic carbocycles. The molecular weight excluding hydrogens is 1080 g/mol. The highest BCUT2D eigenvalue weighted by molar-refractivity contribution is 5.01. The monoisotopic (exact) mass is 1220 g/mol. The summed E-state index contributed by atoms with van der Waals surface area (Å²) in [5.41, 5.74) is 0.185. The second kappa shape index (κ2) is 36.6. The van der Waals surface area contributed by atoms with Crippen LogP contribution < -0.4 is 0 Å². The highest BCUT2D eigenvalue weighted by atomic mass is 16.6. The molecule has 5 saturated heterocycles. The molecule has 15 atom stereocenters. The van der Waals surface area contributed by atoms with Gasteiger partial charge < -0.3 is 71.1 Å². The van der Waals surface area contributed by atoms with Gasteiger partial charge in [-0.1, -0.05) is 69.2 Å². The highest BCUT2D eigenvalue weighted by Gasteiger charge is 2.54. The molecule has 15 nitrogen and oxygen atoms in total. The fourth-order valence-corrected chi connectivity index (χ4v) is 10.9. The third kappa shape index (κ3) is 26.5. The minimum Gasteiger partial charge on any atom is -0.376 e. The van der Waals surface area contributed by atoms with Crippen LogP contribution in [0.1, 0.15) is 242 Å². The number of rotatable bonds is 25. The van der Waals surface area contributed by atoms with Crippen molar-refractivity contribution in [1.29, 1.82) is 0 Å². The molecule has 0 bridgehead atoms. The van der Waals surface area contributed by atoms with Crippen LogP contribution >= 0.6 is 0 Å². The van der Waals surface area contributed by atoms with E-state index in [1.54, 1.807) is 0 Å². The summed E-state index contributed by atoms with van der Waals surface area (Å²) >= 11 is 0. The minimum absolute atomic E-state index is 0.0370. The largest absolute Gasteiger partial charge is 0.376 e. The van der Waals surface area contributed by atoms with Crippen LogP contribution in [0.4, 0.5) is 0 Å². The van der Waals surface area contributed by atoms with Gasteiger partial charge in [0.2, 0.25) is 0 Å². The van der Waals surface area contributed by atoms with E-state index in [0.29, 0.717) is 33.0 Å². The smallest absolute Gasteiger partial charge is 0.108 e. The van der Waals surface area contributed by atoms with E-state index in [1.807, 2.05) is 69.2 Å². The van der Waals surface area contributed by atoms with Gasteiger partial charge in [-0.2, -0.15) is 0 Å². The van der Waals surface area contributed by atoms with E-state index in [9.17, 15) is 0 Å². The van der Waals surface area contributed by atoms with Gasteiger partial charge in [-0.25, -0.2) is 0 Å². The molecule has 15 heteroatoms. The highest BCUT2D eigenvalue weighted by Crippen LogP contribution is 2.45. The van der Waals surface area contributed by atoms with Gasteiger partial charge in [0, 0.05) is 27.1 Å². The topological polar surface area (TPSA) is 138 Å². The first-order valence-corrected chi connectivity index (χ1v) is 33.4.